The number of hydrogen-bond acceptors (Lipinski definition) is 3. The molecule has 2 aromatic rings. The summed E-state index contributed by atoms with van der Waals surface area (Å²) in [6.07, 6.45) is 0. The van der Waals surface area contributed by atoms with E-state index in [4.69, 9.17) is 9.47 Å². The molecule has 1 aliphatic rings. The van der Waals surface area contributed by atoms with Gasteiger partial charge in [-0.2, -0.15) is 0 Å². The van der Waals surface area contributed by atoms with E-state index >= 15 is 0 Å². The first-order valence-electron chi connectivity index (χ1n) is 6.30. The van der Waals surface area contributed by atoms with Crippen LogP contribution in [0, 0.1) is 3.57 Å². The van der Waals surface area contributed by atoms with Crippen LogP contribution < -0.4 is 14.8 Å². The second kappa shape index (κ2) is 6.22. The Morgan fingerprint density at radius 3 is 2.85 bits per heavy atom. The van der Waals surface area contributed by atoms with Crippen LogP contribution in [0.25, 0.3) is 0 Å². The van der Waals surface area contributed by atoms with Gasteiger partial charge in [-0.05, 0) is 74.4 Å². The van der Waals surface area contributed by atoms with Gasteiger partial charge in [0.05, 0.1) is 4.47 Å². The predicted octanol–water partition coefficient (Wildman–Crippen LogP) is 4.44. The molecule has 0 amide bonds. The summed E-state index contributed by atoms with van der Waals surface area (Å²) in [7, 11) is 0. The molecule has 1 heterocycles. The predicted molar refractivity (Wildman–Crippen MR) is 91.6 cm³/mol. The quantitative estimate of drug-likeness (QED) is 0.708. The minimum atomic E-state index is 0.603. The summed E-state index contributed by atoms with van der Waals surface area (Å²) >= 11 is 5.85. The Balaban J connectivity index is 1.76. The molecule has 0 spiro atoms. The molecule has 2 aromatic carbocycles. The molecule has 0 saturated heterocycles. The Labute approximate surface area is 139 Å². The van der Waals surface area contributed by atoms with E-state index in [-0.39, 0.29) is 0 Å². The Hall–Kier alpha value is -0.950. The summed E-state index contributed by atoms with van der Waals surface area (Å²) in [4.78, 5) is 0. The van der Waals surface area contributed by atoms with Gasteiger partial charge in [0.1, 0.15) is 13.2 Å². The van der Waals surface area contributed by atoms with Crippen molar-refractivity contribution in [3.8, 4) is 11.5 Å². The standard InChI is InChI=1S/C15H13BrINO2/c16-13-6-10(7-14-15(13)20-5-4-19-14)9-18-12-3-1-2-11(17)8-12/h1-3,6-8,18H,4-5,9H2. The molecule has 1 N–H and O–H groups in total. The maximum absolute atomic E-state index is 5.63. The monoisotopic (exact) mass is 445 g/mol. The van der Waals surface area contributed by atoms with Crippen molar-refractivity contribution in [3.63, 3.8) is 0 Å². The first-order chi connectivity index (χ1) is 9.72. The number of nitrogens with one attached hydrogen (secondary N) is 1. The van der Waals surface area contributed by atoms with Crippen molar-refractivity contribution in [3.05, 3.63) is 50.0 Å². The minimum absolute atomic E-state index is 0.603. The highest BCUT2D eigenvalue weighted by atomic mass is 127. The van der Waals surface area contributed by atoms with Crippen LogP contribution in [0.4, 0.5) is 5.69 Å². The molecule has 0 saturated carbocycles. The molecule has 0 fully saturated rings. The van der Waals surface area contributed by atoms with Crippen molar-refractivity contribution < 1.29 is 9.47 Å². The van der Waals surface area contributed by atoms with E-state index in [1.165, 1.54) is 3.57 Å². The number of benzene rings is 2. The van der Waals surface area contributed by atoms with Crippen LogP contribution in [0.15, 0.2) is 40.9 Å². The van der Waals surface area contributed by atoms with Crippen LogP contribution in [-0.2, 0) is 6.54 Å². The molecule has 3 rings (SSSR count). The molecule has 0 unspecified atom stereocenters. The van der Waals surface area contributed by atoms with Crippen molar-refractivity contribution >= 4 is 44.2 Å². The van der Waals surface area contributed by atoms with E-state index in [2.05, 4.69) is 68.1 Å². The molecule has 1 aliphatic heterocycles. The zero-order valence-electron chi connectivity index (χ0n) is 10.7. The lowest BCUT2D eigenvalue weighted by Gasteiger charge is -2.20. The fraction of sp³-hybridized carbons (Fsp3) is 0.200. The van der Waals surface area contributed by atoms with E-state index in [1.807, 2.05) is 12.1 Å². The zero-order chi connectivity index (χ0) is 13.9. The third-order valence-corrected chi connectivity index (χ3v) is 4.24. The van der Waals surface area contributed by atoms with Crippen molar-refractivity contribution in [2.45, 2.75) is 6.54 Å². The molecule has 0 aliphatic carbocycles. The molecule has 0 aromatic heterocycles. The lowest BCUT2D eigenvalue weighted by molar-refractivity contribution is 0.170. The highest BCUT2D eigenvalue weighted by molar-refractivity contribution is 14.1. The van der Waals surface area contributed by atoms with Gasteiger partial charge in [0, 0.05) is 15.8 Å². The second-order valence-corrected chi connectivity index (χ2v) is 6.57. The Morgan fingerprint density at radius 1 is 1.15 bits per heavy atom. The topological polar surface area (TPSA) is 30.5 Å². The van der Waals surface area contributed by atoms with Crippen molar-refractivity contribution in [2.75, 3.05) is 18.5 Å². The van der Waals surface area contributed by atoms with Crippen molar-refractivity contribution in [2.24, 2.45) is 0 Å². The highest BCUT2D eigenvalue weighted by Crippen LogP contribution is 2.38. The average molecular weight is 446 g/mol. The Morgan fingerprint density at radius 2 is 2.00 bits per heavy atom. The first-order valence-corrected chi connectivity index (χ1v) is 8.17. The van der Waals surface area contributed by atoms with Crippen LogP contribution in [-0.4, -0.2) is 13.2 Å². The molecule has 0 atom stereocenters. The number of ether oxygens (including phenoxy) is 2. The molecular formula is C15H13BrINO2. The molecular weight excluding hydrogens is 433 g/mol. The molecule has 5 heteroatoms. The van der Waals surface area contributed by atoms with Gasteiger partial charge in [-0.15, -0.1) is 0 Å². The average Bonchev–Trinajstić information content (AvgIpc) is 2.45. The minimum Gasteiger partial charge on any atom is -0.486 e. The van der Waals surface area contributed by atoms with E-state index in [9.17, 15) is 0 Å². The summed E-state index contributed by atoms with van der Waals surface area (Å²) < 4.78 is 13.4. The number of hydrogen-bond donors (Lipinski definition) is 1. The summed E-state index contributed by atoms with van der Waals surface area (Å²) in [5, 5.41) is 3.41. The summed E-state index contributed by atoms with van der Waals surface area (Å²) in [5.74, 6) is 1.61. The van der Waals surface area contributed by atoms with Crippen LogP contribution in [0.5, 0.6) is 11.5 Å². The van der Waals surface area contributed by atoms with Gasteiger partial charge in [0.2, 0.25) is 0 Å². The summed E-state index contributed by atoms with van der Waals surface area (Å²) in [6, 6.07) is 12.4. The van der Waals surface area contributed by atoms with Crippen molar-refractivity contribution in [1.29, 1.82) is 0 Å². The fourth-order valence-corrected chi connectivity index (χ4v) is 3.22. The number of fused-ring (bicyclic) bond motifs is 1. The first kappa shape index (κ1) is 14.0. The van der Waals surface area contributed by atoms with Crippen LogP contribution >= 0.6 is 38.5 Å². The fourth-order valence-electron chi connectivity index (χ4n) is 2.07. The Kier molecular flexibility index (Phi) is 4.35. The second-order valence-electron chi connectivity index (χ2n) is 4.47. The van der Waals surface area contributed by atoms with Gasteiger partial charge in [-0.25, -0.2) is 0 Å². The van der Waals surface area contributed by atoms with E-state index in [0.29, 0.717) is 13.2 Å². The maximum atomic E-state index is 5.63. The largest absolute Gasteiger partial charge is 0.486 e. The van der Waals surface area contributed by atoms with Crippen LogP contribution in [0.2, 0.25) is 0 Å². The van der Waals surface area contributed by atoms with Gasteiger partial charge in [-0.1, -0.05) is 6.07 Å². The lowest BCUT2D eigenvalue weighted by atomic mass is 10.2. The number of halogens is 2. The van der Waals surface area contributed by atoms with Gasteiger partial charge in [0.15, 0.2) is 11.5 Å². The van der Waals surface area contributed by atoms with Crippen LogP contribution in [0.3, 0.4) is 0 Å². The van der Waals surface area contributed by atoms with Gasteiger partial charge < -0.3 is 14.8 Å². The van der Waals surface area contributed by atoms with Gasteiger partial charge in [0.25, 0.3) is 0 Å². The summed E-state index contributed by atoms with van der Waals surface area (Å²) in [5.41, 5.74) is 2.27. The molecule has 0 bridgehead atoms. The number of rotatable bonds is 3. The number of anilines is 1. The van der Waals surface area contributed by atoms with E-state index in [0.717, 1.165) is 33.8 Å². The maximum Gasteiger partial charge on any atom is 0.175 e. The Bertz CT molecular complexity index is 633. The van der Waals surface area contributed by atoms with Crippen molar-refractivity contribution in [1.82, 2.24) is 0 Å². The van der Waals surface area contributed by atoms with Gasteiger partial charge in [-0.3, -0.25) is 0 Å². The van der Waals surface area contributed by atoms with Crippen LogP contribution in [0.1, 0.15) is 5.56 Å². The normalized spacial score (nSPS) is 13.1. The molecule has 104 valence electrons. The molecule has 20 heavy (non-hydrogen) atoms. The smallest absolute Gasteiger partial charge is 0.175 e. The third-order valence-electron chi connectivity index (χ3n) is 2.98. The molecule has 0 radical (unpaired) electrons. The van der Waals surface area contributed by atoms with Gasteiger partial charge >= 0.3 is 0 Å². The highest BCUT2D eigenvalue weighted by Gasteiger charge is 2.16. The summed E-state index contributed by atoms with van der Waals surface area (Å²) in [6.45, 7) is 1.95. The van der Waals surface area contributed by atoms with E-state index < -0.39 is 0 Å². The zero-order valence-corrected chi connectivity index (χ0v) is 14.4. The SMILES string of the molecule is Brc1cc(CNc2cccc(I)c2)cc2c1OCCO2. The van der Waals surface area contributed by atoms with E-state index in [1.54, 1.807) is 0 Å². The molecule has 3 nitrogen and oxygen atoms in total. The lowest BCUT2D eigenvalue weighted by Crippen LogP contribution is -2.16. The third kappa shape index (κ3) is 3.20.